The van der Waals surface area contributed by atoms with E-state index in [1.54, 1.807) is 24.3 Å². The highest BCUT2D eigenvalue weighted by molar-refractivity contribution is 6.32. The second-order valence-electron chi connectivity index (χ2n) is 4.15. The third-order valence-electron chi connectivity index (χ3n) is 2.61. The van der Waals surface area contributed by atoms with Gasteiger partial charge in [-0.25, -0.2) is 4.98 Å². The number of hydrogen-bond acceptors (Lipinski definition) is 3. The van der Waals surface area contributed by atoms with Crippen molar-refractivity contribution in [2.45, 2.75) is 12.7 Å². The minimum Gasteiger partial charge on any atom is -0.399 e. The third-order valence-corrected chi connectivity index (χ3v) is 2.90. The second-order valence-corrected chi connectivity index (χ2v) is 4.55. The molecule has 0 radical (unpaired) electrons. The van der Waals surface area contributed by atoms with Crippen molar-refractivity contribution in [1.82, 2.24) is 4.98 Å². The molecular weight excluding hydrogens is 291 g/mol. The van der Waals surface area contributed by atoms with Crippen LogP contribution in [0.25, 0.3) is 0 Å². The van der Waals surface area contributed by atoms with Crippen LogP contribution in [0.15, 0.2) is 36.5 Å². The summed E-state index contributed by atoms with van der Waals surface area (Å²) in [6, 6.07) is 7.93. The molecule has 1 aromatic heterocycles. The van der Waals surface area contributed by atoms with Crippen LogP contribution in [0.5, 0.6) is 0 Å². The molecule has 0 amide bonds. The smallest absolute Gasteiger partial charge is 0.399 e. The molecule has 0 saturated heterocycles. The number of rotatable bonds is 3. The summed E-state index contributed by atoms with van der Waals surface area (Å²) in [5, 5.41) is 2.80. The monoisotopic (exact) mass is 301 g/mol. The number of benzene rings is 1. The number of pyridine rings is 1. The van der Waals surface area contributed by atoms with E-state index in [2.05, 4.69) is 10.3 Å². The first-order valence-corrected chi connectivity index (χ1v) is 6.05. The van der Waals surface area contributed by atoms with E-state index in [0.717, 1.165) is 17.8 Å². The lowest BCUT2D eigenvalue weighted by atomic mass is 10.2. The zero-order valence-electron chi connectivity index (χ0n) is 10.2. The maximum absolute atomic E-state index is 12.5. The SMILES string of the molecule is Nc1ccc(CNc2ncc(C(F)(F)F)cc2Cl)cc1. The van der Waals surface area contributed by atoms with Gasteiger partial charge in [-0.2, -0.15) is 13.2 Å². The number of nitrogens with zero attached hydrogens (tertiary/aromatic N) is 1. The predicted octanol–water partition coefficient (Wildman–Crippen LogP) is 3.95. The molecule has 0 aliphatic carbocycles. The summed E-state index contributed by atoms with van der Waals surface area (Å²) >= 11 is 5.78. The van der Waals surface area contributed by atoms with Gasteiger partial charge in [-0.15, -0.1) is 0 Å². The molecule has 1 heterocycles. The quantitative estimate of drug-likeness (QED) is 0.844. The highest BCUT2D eigenvalue weighted by Gasteiger charge is 2.31. The van der Waals surface area contributed by atoms with Crippen LogP contribution >= 0.6 is 11.6 Å². The summed E-state index contributed by atoms with van der Waals surface area (Å²) in [6.07, 6.45) is -3.71. The van der Waals surface area contributed by atoms with Crippen LogP contribution in [-0.4, -0.2) is 4.98 Å². The molecule has 106 valence electrons. The van der Waals surface area contributed by atoms with Gasteiger partial charge in [0, 0.05) is 18.4 Å². The Bertz CT molecular complexity index is 597. The fourth-order valence-corrected chi connectivity index (χ4v) is 1.78. The number of alkyl halides is 3. The van der Waals surface area contributed by atoms with Crippen molar-refractivity contribution in [3.8, 4) is 0 Å². The van der Waals surface area contributed by atoms with Crippen LogP contribution in [0, 0.1) is 0 Å². The standard InChI is InChI=1S/C13H11ClF3N3/c14-11-5-9(13(15,16)17)7-20-12(11)19-6-8-1-3-10(18)4-2-8/h1-5,7H,6,18H2,(H,19,20). The first kappa shape index (κ1) is 14.5. The Morgan fingerprint density at radius 3 is 2.40 bits per heavy atom. The fraction of sp³-hybridized carbons (Fsp3) is 0.154. The van der Waals surface area contributed by atoms with Crippen LogP contribution < -0.4 is 11.1 Å². The zero-order valence-corrected chi connectivity index (χ0v) is 11.0. The summed E-state index contributed by atoms with van der Waals surface area (Å²) in [6.45, 7) is 0.387. The Morgan fingerprint density at radius 1 is 1.20 bits per heavy atom. The lowest BCUT2D eigenvalue weighted by Crippen LogP contribution is -2.08. The van der Waals surface area contributed by atoms with Gasteiger partial charge in [0.2, 0.25) is 0 Å². The first-order valence-electron chi connectivity index (χ1n) is 5.67. The number of nitrogens with two attached hydrogens (primary N) is 1. The average Bonchev–Trinajstić information content (AvgIpc) is 2.38. The molecule has 2 rings (SSSR count). The van der Waals surface area contributed by atoms with E-state index < -0.39 is 11.7 Å². The number of nitrogens with one attached hydrogen (secondary N) is 1. The Labute approximate surface area is 118 Å². The molecule has 0 unspecified atom stereocenters. The molecule has 7 heteroatoms. The summed E-state index contributed by atoms with van der Waals surface area (Å²) in [5.41, 5.74) is 6.23. The molecule has 3 nitrogen and oxygen atoms in total. The minimum atomic E-state index is -4.45. The van der Waals surface area contributed by atoms with Crippen LogP contribution in [0.4, 0.5) is 24.7 Å². The number of hydrogen-bond donors (Lipinski definition) is 2. The van der Waals surface area contributed by atoms with Crippen LogP contribution in [-0.2, 0) is 12.7 Å². The van der Waals surface area contributed by atoms with Crippen LogP contribution in [0.2, 0.25) is 5.02 Å². The predicted molar refractivity (Wildman–Crippen MR) is 72.4 cm³/mol. The fourth-order valence-electron chi connectivity index (χ4n) is 1.54. The van der Waals surface area contributed by atoms with E-state index in [9.17, 15) is 13.2 Å². The summed E-state index contributed by atoms with van der Waals surface area (Å²) < 4.78 is 37.4. The number of nitrogen functional groups attached to an aromatic ring is 1. The zero-order chi connectivity index (χ0) is 14.8. The second kappa shape index (κ2) is 5.58. The lowest BCUT2D eigenvalue weighted by Gasteiger charge is -2.11. The lowest BCUT2D eigenvalue weighted by molar-refractivity contribution is -0.137. The highest BCUT2D eigenvalue weighted by atomic mass is 35.5. The van der Waals surface area contributed by atoms with Gasteiger partial charge in [0.05, 0.1) is 10.6 Å². The van der Waals surface area contributed by atoms with Crippen molar-refractivity contribution in [1.29, 1.82) is 0 Å². The molecule has 0 atom stereocenters. The summed E-state index contributed by atoms with van der Waals surface area (Å²) in [4.78, 5) is 3.69. The third kappa shape index (κ3) is 3.54. The molecule has 0 saturated carbocycles. The van der Waals surface area contributed by atoms with Crippen molar-refractivity contribution in [2.75, 3.05) is 11.1 Å². The molecule has 0 bridgehead atoms. The van der Waals surface area contributed by atoms with Crippen LogP contribution in [0.1, 0.15) is 11.1 Å². The normalized spacial score (nSPS) is 11.4. The van der Waals surface area contributed by atoms with Gasteiger partial charge in [-0.05, 0) is 23.8 Å². The van der Waals surface area contributed by atoms with Gasteiger partial charge in [-0.3, -0.25) is 0 Å². The maximum Gasteiger partial charge on any atom is 0.417 e. The molecule has 20 heavy (non-hydrogen) atoms. The van der Waals surface area contributed by atoms with Gasteiger partial charge in [-0.1, -0.05) is 23.7 Å². The Kier molecular flexibility index (Phi) is 4.04. The molecule has 3 N–H and O–H groups in total. The summed E-state index contributed by atoms with van der Waals surface area (Å²) in [7, 11) is 0. The van der Waals surface area contributed by atoms with Crippen molar-refractivity contribution < 1.29 is 13.2 Å². The number of aromatic nitrogens is 1. The Morgan fingerprint density at radius 2 is 1.85 bits per heavy atom. The molecule has 0 spiro atoms. The molecule has 0 fully saturated rings. The van der Waals surface area contributed by atoms with Crippen molar-refractivity contribution in [3.05, 3.63) is 52.7 Å². The number of halogens is 4. The average molecular weight is 302 g/mol. The molecule has 2 aromatic rings. The molecule has 0 aliphatic rings. The first-order chi connectivity index (χ1) is 9.36. The van der Waals surface area contributed by atoms with E-state index in [-0.39, 0.29) is 10.8 Å². The number of anilines is 2. The largest absolute Gasteiger partial charge is 0.417 e. The maximum atomic E-state index is 12.5. The van der Waals surface area contributed by atoms with E-state index in [4.69, 9.17) is 17.3 Å². The Hall–Kier alpha value is -1.95. The Balaban J connectivity index is 2.08. The van der Waals surface area contributed by atoms with Gasteiger partial charge in [0.1, 0.15) is 5.82 Å². The topological polar surface area (TPSA) is 50.9 Å². The van der Waals surface area contributed by atoms with Crippen molar-refractivity contribution in [3.63, 3.8) is 0 Å². The van der Waals surface area contributed by atoms with E-state index in [1.807, 2.05) is 0 Å². The van der Waals surface area contributed by atoms with Crippen molar-refractivity contribution >= 4 is 23.1 Å². The van der Waals surface area contributed by atoms with Gasteiger partial charge in [0.25, 0.3) is 0 Å². The van der Waals surface area contributed by atoms with E-state index >= 15 is 0 Å². The van der Waals surface area contributed by atoms with Gasteiger partial charge < -0.3 is 11.1 Å². The van der Waals surface area contributed by atoms with Crippen molar-refractivity contribution in [2.24, 2.45) is 0 Å². The van der Waals surface area contributed by atoms with E-state index in [1.165, 1.54) is 0 Å². The van der Waals surface area contributed by atoms with E-state index in [0.29, 0.717) is 12.2 Å². The van der Waals surface area contributed by atoms with Gasteiger partial charge >= 0.3 is 6.18 Å². The minimum absolute atomic E-state index is 0.0738. The van der Waals surface area contributed by atoms with Gasteiger partial charge in [0.15, 0.2) is 0 Å². The molecule has 1 aromatic carbocycles. The van der Waals surface area contributed by atoms with Crippen LogP contribution in [0.3, 0.4) is 0 Å². The molecular formula is C13H11ClF3N3. The molecule has 0 aliphatic heterocycles. The summed E-state index contributed by atoms with van der Waals surface area (Å²) in [5.74, 6) is 0.205. The highest BCUT2D eigenvalue weighted by Crippen LogP contribution is 2.32.